The van der Waals surface area contributed by atoms with Crippen molar-refractivity contribution in [1.29, 1.82) is 0 Å². The van der Waals surface area contributed by atoms with Gasteiger partial charge in [0.1, 0.15) is 11.7 Å². The molecule has 0 aliphatic rings. The zero-order valence-electron chi connectivity index (χ0n) is 21.9. The Labute approximate surface area is 203 Å². The van der Waals surface area contributed by atoms with Crippen molar-refractivity contribution in [2.75, 3.05) is 6.61 Å². The lowest BCUT2D eigenvalue weighted by atomic mass is 10.1. The van der Waals surface area contributed by atoms with Gasteiger partial charge in [-0.1, -0.05) is 20.8 Å². The van der Waals surface area contributed by atoms with Crippen LogP contribution in [0, 0.1) is 10.1 Å². The van der Waals surface area contributed by atoms with Crippen molar-refractivity contribution < 1.29 is 28.4 Å². The van der Waals surface area contributed by atoms with Gasteiger partial charge in [0.15, 0.2) is 8.32 Å². The molecule has 0 aromatic heterocycles. The monoisotopic (exact) mass is 496 g/mol. The summed E-state index contributed by atoms with van der Waals surface area (Å²) in [5.74, 6) is -0.622. The van der Waals surface area contributed by atoms with Gasteiger partial charge in [0.05, 0.1) is 16.5 Å². The fraction of sp³-hybridized carbons (Fsp3) is 0.667. The Morgan fingerprint density at radius 3 is 2.12 bits per heavy atom. The van der Waals surface area contributed by atoms with Gasteiger partial charge in [-0.05, 0) is 70.8 Å². The Morgan fingerprint density at radius 2 is 1.65 bits per heavy atom. The molecule has 0 aliphatic carbocycles. The normalized spacial score (nSPS) is 14.1. The number of carbonyl (C=O) groups excluding carboxylic acids is 2. The predicted octanol–water partition coefficient (Wildman–Crippen LogP) is 5.84. The largest absolute Gasteiger partial charge is 0.457 e. The molecule has 9 nitrogen and oxygen atoms in total. The Kier molecular flexibility index (Phi) is 10.3. The van der Waals surface area contributed by atoms with Crippen LogP contribution in [0.5, 0.6) is 0 Å². The van der Waals surface area contributed by atoms with Crippen molar-refractivity contribution in [3.05, 3.63) is 39.9 Å². The van der Waals surface area contributed by atoms with Crippen molar-refractivity contribution in [2.24, 2.45) is 0 Å². The first-order valence-corrected chi connectivity index (χ1v) is 14.4. The fourth-order valence-corrected chi connectivity index (χ4v) is 3.84. The number of nitrogens with one attached hydrogen (secondary N) is 1. The Balaban J connectivity index is 2.88. The van der Waals surface area contributed by atoms with E-state index in [1.165, 1.54) is 24.3 Å². The van der Waals surface area contributed by atoms with Crippen LogP contribution in [0.25, 0.3) is 0 Å². The van der Waals surface area contributed by atoms with Crippen molar-refractivity contribution in [3.8, 4) is 0 Å². The standard InChI is InChI=1S/C24H40N2O7Si/c1-17(25-22(28)33-23(2,3)4)20(11-10-16-31-34(8,9)24(5,6)7)32-21(27)18-12-14-19(15-13-18)26(29)30/h12-15,17,20H,10-11,16H2,1-9H3,(H,25,28)/t17-,20?/m0/s1. The van der Waals surface area contributed by atoms with E-state index in [1.807, 2.05) is 0 Å². The molecule has 0 aliphatic heterocycles. The van der Waals surface area contributed by atoms with Gasteiger partial charge in [0, 0.05) is 18.7 Å². The number of amides is 1. The number of nitro groups is 1. The number of nitro benzene ring substituents is 1. The van der Waals surface area contributed by atoms with E-state index in [0.29, 0.717) is 19.4 Å². The van der Waals surface area contributed by atoms with E-state index in [9.17, 15) is 19.7 Å². The molecule has 34 heavy (non-hydrogen) atoms. The molecule has 0 spiro atoms. The first-order valence-electron chi connectivity index (χ1n) is 11.5. The van der Waals surface area contributed by atoms with Gasteiger partial charge in [-0.3, -0.25) is 10.1 Å². The van der Waals surface area contributed by atoms with Crippen LogP contribution in [-0.2, 0) is 13.9 Å². The minimum atomic E-state index is -1.91. The molecule has 0 saturated heterocycles. The van der Waals surface area contributed by atoms with E-state index in [0.717, 1.165) is 0 Å². The van der Waals surface area contributed by atoms with Crippen LogP contribution in [0.1, 0.15) is 71.7 Å². The Morgan fingerprint density at radius 1 is 1.09 bits per heavy atom. The second-order valence-corrected chi connectivity index (χ2v) is 15.7. The smallest absolute Gasteiger partial charge is 0.407 e. The quantitative estimate of drug-likeness (QED) is 0.142. The molecule has 0 fully saturated rings. The highest BCUT2D eigenvalue weighted by Gasteiger charge is 2.37. The number of non-ortho nitro benzene ring substituents is 1. The molecule has 0 bridgehead atoms. The second-order valence-electron chi connectivity index (χ2n) is 10.9. The fourth-order valence-electron chi connectivity index (χ4n) is 2.75. The highest BCUT2D eigenvalue weighted by Crippen LogP contribution is 2.36. The number of esters is 1. The minimum Gasteiger partial charge on any atom is -0.457 e. The Bertz CT molecular complexity index is 842. The molecular formula is C24H40N2O7Si. The summed E-state index contributed by atoms with van der Waals surface area (Å²) in [6, 6.07) is 4.68. The van der Waals surface area contributed by atoms with Gasteiger partial charge in [-0.2, -0.15) is 0 Å². The number of carbonyl (C=O) groups is 2. The SMILES string of the molecule is C[C@H](NC(=O)OC(C)(C)C)C(CCCO[Si](C)(C)C(C)(C)C)OC(=O)c1ccc([N+](=O)[O-])cc1. The maximum Gasteiger partial charge on any atom is 0.407 e. The van der Waals surface area contributed by atoms with E-state index in [-0.39, 0.29) is 16.3 Å². The average Bonchev–Trinajstić information content (AvgIpc) is 2.67. The lowest BCUT2D eigenvalue weighted by Gasteiger charge is -2.36. The topological polar surface area (TPSA) is 117 Å². The number of nitrogens with zero attached hydrogens (tertiary/aromatic N) is 1. The number of ether oxygens (including phenoxy) is 2. The van der Waals surface area contributed by atoms with Crippen LogP contribution in [0.3, 0.4) is 0 Å². The molecule has 1 amide bonds. The van der Waals surface area contributed by atoms with Crippen molar-refractivity contribution in [1.82, 2.24) is 5.32 Å². The Hall–Kier alpha value is -2.46. The summed E-state index contributed by atoms with van der Waals surface area (Å²) >= 11 is 0. The number of hydrogen-bond donors (Lipinski definition) is 1. The molecule has 1 unspecified atom stereocenters. The lowest BCUT2D eigenvalue weighted by Crippen LogP contribution is -2.45. The average molecular weight is 497 g/mol. The third-order valence-electron chi connectivity index (χ3n) is 5.78. The third kappa shape index (κ3) is 9.80. The van der Waals surface area contributed by atoms with Crippen LogP contribution in [0.15, 0.2) is 24.3 Å². The maximum atomic E-state index is 12.7. The summed E-state index contributed by atoms with van der Waals surface area (Å²) in [4.78, 5) is 35.3. The molecule has 0 saturated carbocycles. The van der Waals surface area contributed by atoms with E-state index in [1.54, 1.807) is 27.7 Å². The van der Waals surface area contributed by atoms with E-state index < -0.39 is 43.1 Å². The summed E-state index contributed by atoms with van der Waals surface area (Å²) < 4.78 is 17.2. The summed E-state index contributed by atoms with van der Waals surface area (Å²) in [7, 11) is -1.91. The summed E-state index contributed by atoms with van der Waals surface area (Å²) in [5.41, 5.74) is -0.584. The lowest BCUT2D eigenvalue weighted by molar-refractivity contribution is -0.384. The van der Waals surface area contributed by atoms with Crippen LogP contribution in [0.2, 0.25) is 18.1 Å². The summed E-state index contributed by atoms with van der Waals surface area (Å²) in [6.07, 6.45) is -0.151. The van der Waals surface area contributed by atoms with Crippen molar-refractivity contribution in [3.63, 3.8) is 0 Å². The van der Waals surface area contributed by atoms with Crippen LogP contribution in [-0.4, -0.2) is 49.7 Å². The first kappa shape index (κ1) is 29.6. The molecule has 10 heteroatoms. The molecular weight excluding hydrogens is 456 g/mol. The van der Waals surface area contributed by atoms with Crippen molar-refractivity contribution in [2.45, 2.75) is 97.2 Å². The molecule has 0 radical (unpaired) electrons. The predicted molar refractivity (Wildman–Crippen MR) is 134 cm³/mol. The molecule has 1 rings (SSSR count). The van der Waals surface area contributed by atoms with Gasteiger partial charge in [0.25, 0.3) is 5.69 Å². The highest BCUT2D eigenvalue weighted by molar-refractivity contribution is 6.74. The highest BCUT2D eigenvalue weighted by atomic mass is 28.4. The van der Waals surface area contributed by atoms with Crippen LogP contribution < -0.4 is 5.32 Å². The zero-order chi connectivity index (χ0) is 26.3. The van der Waals surface area contributed by atoms with Gasteiger partial charge in [-0.25, -0.2) is 9.59 Å². The van der Waals surface area contributed by atoms with Crippen LogP contribution >= 0.6 is 0 Å². The van der Waals surface area contributed by atoms with Crippen LogP contribution in [0.4, 0.5) is 10.5 Å². The maximum absolute atomic E-state index is 12.7. The molecule has 2 atom stereocenters. The van der Waals surface area contributed by atoms with Gasteiger partial charge in [-0.15, -0.1) is 0 Å². The number of alkyl carbamates (subject to hydrolysis) is 1. The minimum absolute atomic E-state index is 0.0837. The first-order chi connectivity index (χ1) is 15.4. The third-order valence-corrected chi connectivity index (χ3v) is 10.3. The second kappa shape index (κ2) is 11.8. The summed E-state index contributed by atoms with van der Waals surface area (Å²) in [5, 5.41) is 13.7. The van der Waals surface area contributed by atoms with Gasteiger partial charge < -0.3 is 19.2 Å². The number of benzene rings is 1. The molecule has 1 aromatic carbocycles. The van der Waals surface area contributed by atoms with E-state index >= 15 is 0 Å². The summed E-state index contributed by atoms with van der Waals surface area (Å²) in [6.45, 7) is 18.4. The molecule has 1 N–H and O–H groups in total. The van der Waals surface area contributed by atoms with Crippen molar-refractivity contribution >= 4 is 26.1 Å². The van der Waals surface area contributed by atoms with E-state index in [2.05, 4.69) is 39.2 Å². The van der Waals surface area contributed by atoms with Gasteiger partial charge >= 0.3 is 12.1 Å². The molecule has 0 heterocycles. The molecule has 192 valence electrons. The molecule has 1 aromatic rings. The zero-order valence-corrected chi connectivity index (χ0v) is 22.9. The number of rotatable bonds is 10. The van der Waals surface area contributed by atoms with Gasteiger partial charge in [0.2, 0.25) is 0 Å². The number of hydrogen-bond acceptors (Lipinski definition) is 7. The van der Waals surface area contributed by atoms with E-state index in [4.69, 9.17) is 13.9 Å².